The second kappa shape index (κ2) is 6.69. The Bertz CT molecular complexity index is 436. The van der Waals surface area contributed by atoms with E-state index in [9.17, 15) is 14.9 Å². The molecule has 104 valence electrons. The summed E-state index contributed by atoms with van der Waals surface area (Å²) in [5.74, 6) is -1.01. The van der Waals surface area contributed by atoms with Crippen molar-refractivity contribution in [2.75, 3.05) is 5.12 Å². The molecular formula is C12H17N3O4. The number of carbonyl (C=O) groups is 1. The fraction of sp³-hybridized carbons (Fsp3) is 0.417. The van der Waals surface area contributed by atoms with Crippen molar-refractivity contribution in [1.82, 2.24) is 5.43 Å². The molecule has 1 rings (SSSR count). The van der Waals surface area contributed by atoms with Crippen molar-refractivity contribution >= 4 is 11.7 Å². The smallest absolute Gasteiger partial charge is 0.322 e. The molecule has 1 aromatic carbocycles. The Labute approximate surface area is 110 Å². The molecule has 1 atom stereocenters. The van der Waals surface area contributed by atoms with Crippen molar-refractivity contribution in [2.45, 2.75) is 26.3 Å². The maximum absolute atomic E-state index is 11.1. The third-order valence-corrected chi connectivity index (χ3v) is 2.45. The number of para-hydroxylation sites is 1. The number of nitrogens with zero attached hydrogens (tertiary/aromatic N) is 2. The van der Waals surface area contributed by atoms with Crippen LogP contribution in [0.1, 0.15) is 20.3 Å². The minimum atomic E-state index is -1.11. The maximum atomic E-state index is 11.1. The van der Waals surface area contributed by atoms with Gasteiger partial charge >= 0.3 is 5.97 Å². The third kappa shape index (κ3) is 4.55. The highest BCUT2D eigenvalue weighted by molar-refractivity contribution is 5.73. The van der Waals surface area contributed by atoms with Crippen LogP contribution in [0.5, 0.6) is 0 Å². The van der Waals surface area contributed by atoms with E-state index in [0.29, 0.717) is 11.5 Å². The first-order valence-electron chi connectivity index (χ1n) is 5.90. The lowest BCUT2D eigenvalue weighted by molar-refractivity contribution is -0.504. The van der Waals surface area contributed by atoms with Crippen LogP contribution < -0.4 is 10.5 Å². The van der Waals surface area contributed by atoms with E-state index in [1.165, 1.54) is 12.1 Å². The van der Waals surface area contributed by atoms with Gasteiger partial charge in [0.1, 0.15) is 11.7 Å². The van der Waals surface area contributed by atoms with Crippen LogP contribution in [-0.4, -0.2) is 22.1 Å². The van der Waals surface area contributed by atoms with Crippen molar-refractivity contribution < 1.29 is 14.9 Å². The number of hydrazine groups is 2. The molecule has 0 bridgehead atoms. The summed E-state index contributed by atoms with van der Waals surface area (Å²) >= 11 is 0. The third-order valence-electron chi connectivity index (χ3n) is 2.45. The molecule has 0 radical (unpaired) electrons. The molecule has 0 aliphatic rings. The Kier molecular flexibility index (Phi) is 5.25. The summed E-state index contributed by atoms with van der Waals surface area (Å²) in [6.07, 6.45) is 0.298. The van der Waals surface area contributed by atoms with Gasteiger partial charge in [-0.2, -0.15) is 5.43 Å². The largest absolute Gasteiger partial charge is 0.480 e. The van der Waals surface area contributed by atoms with E-state index in [-0.39, 0.29) is 11.6 Å². The number of hydrogen-bond acceptors (Lipinski definition) is 4. The van der Waals surface area contributed by atoms with Gasteiger partial charge in [-0.25, -0.2) is 10.1 Å². The zero-order valence-corrected chi connectivity index (χ0v) is 10.8. The molecule has 0 heterocycles. The van der Waals surface area contributed by atoms with Gasteiger partial charge in [-0.3, -0.25) is 4.79 Å². The summed E-state index contributed by atoms with van der Waals surface area (Å²) in [6, 6.07) is 7.07. The first-order chi connectivity index (χ1) is 8.91. The molecule has 1 aromatic rings. The molecular weight excluding hydrogens is 250 g/mol. The van der Waals surface area contributed by atoms with E-state index >= 15 is 0 Å². The van der Waals surface area contributed by atoms with Gasteiger partial charge in [0.25, 0.3) is 0 Å². The highest BCUT2D eigenvalue weighted by atomic mass is 16.7. The lowest BCUT2D eigenvalue weighted by Crippen LogP contribution is -2.52. The second-order valence-corrected chi connectivity index (χ2v) is 4.53. The fourth-order valence-corrected chi connectivity index (χ4v) is 1.61. The van der Waals surface area contributed by atoms with Gasteiger partial charge in [-0.05, 0) is 29.6 Å². The predicted octanol–water partition coefficient (Wildman–Crippen LogP) is 1.69. The minimum Gasteiger partial charge on any atom is -0.480 e. The van der Waals surface area contributed by atoms with Crippen LogP contribution in [0.4, 0.5) is 5.69 Å². The van der Waals surface area contributed by atoms with Crippen molar-refractivity contribution in [2.24, 2.45) is 5.92 Å². The topological polar surface area (TPSA) is 95.7 Å². The molecule has 0 unspecified atom stereocenters. The van der Waals surface area contributed by atoms with Crippen LogP contribution >= 0.6 is 0 Å². The van der Waals surface area contributed by atoms with Crippen molar-refractivity contribution in [1.29, 1.82) is 0 Å². The van der Waals surface area contributed by atoms with Gasteiger partial charge in [-0.15, -0.1) is 0 Å². The number of nitrogens with one attached hydrogen (secondary N) is 1. The zero-order valence-electron chi connectivity index (χ0n) is 10.8. The normalized spacial score (nSPS) is 12.2. The summed E-state index contributed by atoms with van der Waals surface area (Å²) in [4.78, 5) is 22.1. The molecule has 0 aliphatic carbocycles. The summed E-state index contributed by atoms with van der Waals surface area (Å²) in [7, 11) is 0. The summed E-state index contributed by atoms with van der Waals surface area (Å²) in [5.41, 5.74) is 2.72. The average Bonchev–Trinajstić information content (AvgIpc) is 2.34. The van der Waals surface area contributed by atoms with Crippen molar-refractivity contribution in [3.05, 3.63) is 40.4 Å². The molecule has 7 heteroatoms. The van der Waals surface area contributed by atoms with E-state index in [1.54, 1.807) is 18.2 Å². The molecule has 0 amide bonds. The first kappa shape index (κ1) is 14.9. The summed E-state index contributed by atoms with van der Waals surface area (Å²) in [5, 5.41) is 20.1. The van der Waals surface area contributed by atoms with Crippen LogP contribution in [0.3, 0.4) is 0 Å². The van der Waals surface area contributed by atoms with Gasteiger partial charge < -0.3 is 5.11 Å². The van der Waals surface area contributed by atoms with E-state index in [1.807, 2.05) is 13.8 Å². The number of hydrogen-bond donors (Lipinski definition) is 2. The molecule has 0 aromatic heterocycles. The van der Waals surface area contributed by atoms with Crippen LogP contribution in [0, 0.1) is 16.0 Å². The molecule has 19 heavy (non-hydrogen) atoms. The van der Waals surface area contributed by atoms with E-state index < -0.39 is 17.0 Å². The summed E-state index contributed by atoms with van der Waals surface area (Å²) < 4.78 is 0. The van der Waals surface area contributed by atoms with E-state index in [2.05, 4.69) is 5.43 Å². The van der Waals surface area contributed by atoms with Crippen molar-refractivity contribution in [3.63, 3.8) is 0 Å². The monoisotopic (exact) mass is 267 g/mol. The van der Waals surface area contributed by atoms with E-state index in [0.717, 1.165) is 0 Å². The molecule has 0 aliphatic heterocycles. The highest BCUT2D eigenvalue weighted by Gasteiger charge is 2.27. The van der Waals surface area contributed by atoms with Gasteiger partial charge in [0.15, 0.2) is 5.03 Å². The minimum absolute atomic E-state index is 0.109. The quantitative estimate of drug-likeness (QED) is 0.576. The number of aliphatic carboxylic acids is 1. The second-order valence-electron chi connectivity index (χ2n) is 4.53. The lowest BCUT2D eigenvalue weighted by Gasteiger charge is -2.21. The van der Waals surface area contributed by atoms with Gasteiger partial charge in [0.2, 0.25) is 0 Å². The fourth-order valence-electron chi connectivity index (χ4n) is 1.61. The Morgan fingerprint density at radius 1 is 1.42 bits per heavy atom. The van der Waals surface area contributed by atoms with Crippen LogP contribution in [0.15, 0.2) is 30.3 Å². The SMILES string of the molecule is CC(C)C[C@H](NN(c1ccccc1)[N+](=O)[O-])C(=O)O. The molecule has 0 fully saturated rings. The summed E-state index contributed by atoms with van der Waals surface area (Å²) in [6.45, 7) is 3.72. The van der Waals surface area contributed by atoms with Gasteiger partial charge in [-0.1, -0.05) is 32.0 Å². The van der Waals surface area contributed by atoms with Crippen LogP contribution in [-0.2, 0) is 4.79 Å². The Balaban J connectivity index is 2.88. The Morgan fingerprint density at radius 3 is 2.42 bits per heavy atom. The van der Waals surface area contributed by atoms with Crippen LogP contribution in [0.2, 0.25) is 0 Å². The first-order valence-corrected chi connectivity index (χ1v) is 5.90. The van der Waals surface area contributed by atoms with Gasteiger partial charge in [0.05, 0.1) is 0 Å². The average molecular weight is 267 g/mol. The maximum Gasteiger partial charge on any atom is 0.322 e. The number of benzene rings is 1. The number of rotatable bonds is 7. The number of nitro groups is 1. The number of anilines is 1. The predicted molar refractivity (Wildman–Crippen MR) is 69.9 cm³/mol. The zero-order chi connectivity index (χ0) is 14.4. The Morgan fingerprint density at radius 2 is 2.00 bits per heavy atom. The van der Waals surface area contributed by atoms with Crippen LogP contribution in [0.25, 0.3) is 0 Å². The molecule has 0 saturated carbocycles. The highest BCUT2D eigenvalue weighted by Crippen LogP contribution is 2.13. The van der Waals surface area contributed by atoms with E-state index in [4.69, 9.17) is 5.11 Å². The lowest BCUT2D eigenvalue weighted by atomic mass is 10.0. The van der Waals surface area contributed by atoms with Crippen molar-refractivity contribution in [3.8, 4) is 0 Å². The number of carboxylic acids is 1. The number of carboxylic acid groups (broad SMARTS) is 1. The molecule has 7 nitrogen and oxygen atoms in total. The molecule has 2 N–H and O–H groups in total. The Hall–Kier alpha value is -2.15. The standard InChI is InChI=1S/C12H17N3O4/c1-9(2)8-11(12(16)17)13-14(15(18)19)10-6-4-3-5-7-10/h3-7,9,11,13H,8H2,1-2H3,(H,16,17)/t11-/m0/s1. The van der Waals surface area contributed by atoms with Gasteiger partial charge in [0, 0.05) is 0 Å². The molecule has 0 spiro atoms. The molecule has 0 saturated heterocycles.